The summed E-state index contributed by atoms with van der Waals surface area (Å²) in [7, 11) is 1.64. The Labute approximate surface area is 116 Å². The maximum Gasteiger partial charge on any atom is 0.228 e. The van der Waals surface area contributed by atoms with Crippen molar-refractivity contribution in [2.24, 2.45) is 5.92 Å². The molecule has 2 atom stereocenters. The van der Waals surface area contributed by atoms with Gasteiger partial charge in [-0.3, -0.25) is 4.79 Å². The minimum atomic E-state index is -0.111. The van der Waals surface area contributed by atoms with Gasteiger partial charge in [-0.05, 0) is 37.0 Å². The van der Waals surface area contributed by atoms with Crippen LogP contribution in [-0.4, -0.2) is 19.1 Å². The minimum Gasteiger partial charge on any atom is -0.497 e. The molecule has 0 spiro atoms. The standard InChI is InChI=1S/C16H25NO2/c1-6-12(4)17-16(18)15(11(2)3)13-7-9-14(19-5)10-8-13/h7-12,15H,6H2,1-5H3,(H,17,18). The molecule has 2 unspecified atom stereocenters. The Morgan fingerprint density at radius 1 is 1.21 bits per heavy atom. The largest absolute Gasteiger partial charge is 0.497 e. The van der Waals surface area contributed by atoms with E-state index in [1.54, 1.807) is 7.11 Å². The maximum atomic E-state index is 12.4. The molecule has 0 aromatic heterocycles. The number of hydrogen-bond donors (Lipinski definition) is 1. The quantitative estimate of drug-likeness (QED) is 0.854. The van der Waals surface area contributed by atoms with Gasteiger partial charge in [-0.25, -0.2) is 0 Å². The average Bonchev–Trinajstić information content (AvgIpc) is 2.39. The molecule has 1 N–H and O–H groups in total. The Bertz CT molecular complexity index is 398. The Morgan fingerprint density at radius 3 is 2.21 bits per heavy atom. The lowest BCUT2D eigenvalue weighted by Crippen LogP contribution is -2.37. The molecule has 0 heterocycles. The molecule has 1 aromatic rings. The molecule has 3 nitrogen and oxygen atoms in total. The van der Waals surface area contributed by atoms with Crippen molar-refractivity contribution in [2.45, 2.75) is 46.1 Å². The fraction of sp³-hybridized carbons (Fsp3) is 0.562. The molecule has 106 valence electrons. The molecule has 0 saturated heterocycles. The first-order valence-electron chi connectivity index (χ1n) is 6.93. The Kier molecular flexibility index (Phi) is 5.87. The first kappa shape index (κ1) is 15.5. The summed E-state index contributed by atoms with van der Waals surface area (Å²) < 4.78 is 5.15. The van der Waals surface area contributed by atoms with Crippen molar-refractivity contribution >= 4 is 5.91 Å². The van der Waals surface area contributed by atoms with Gasteiger partial charge >= 0.3 is 0 Å². The summed E-state index contributed by atoms with van der Waals surface area (Å²) >= 11 is 0. The van der Waals surface area contributed by atoms with E-state index in [1.807, 2.05) is 31.2 Å². The second-order valence-electron chi connectivity index (χ2n) is 5.31. The zero-order valence-electron chi connectivity index (χ0n) is 12.6. The van der Waals surface area contributed by atoms with Crippen LogP contribution in [0, 0.1) is 5.92 Å². The third-order valence-electron chi connectivity index (χ3n) is 3.43. The molecule has 0 bridgehead atoms. The van der Waals surface area contributed by atoms with E-state index in [1.165, 1.54) is 0 Å². The van der Waals surface area contributed by atoms with Crippen molar-refractivity contribution in [3.63, 3.8) is 0 Å². The van der Waals surface area contributed by atoms with Gasteiger partial charge in [0.1, 0.15) is 5.75 Å². The lowest BCUT2D eigenvalue weighted by Gasteiger charge is -2.23. The second kappa shape index (κ2) is 7.17. The number of carbonyl (C=O) groups excluding carboxylic acids is 1. The Hall–Kier alpha value is -1.51. The van der Waals surface area contributed by atoms with Crippen LogP contribution in [0.4, 0.5) is 0 Å². The normalized spacial score (nSPS) is 14.0. The number of nitrogens with one attached hydrogen (secondary N) is 1. The number of carbonyl (C=O) groups is 1. The predicted molar refractivity (Wildman–Crippen MR) is 78.5 cm³/mol. The van der Waals surface area contributed by atoms with Gasteiger partial charge in [0.15, 0.2) is 0 Å². The van der Waals surface area contributed by atoms with E-state index in [-0.39, 0.29) is 23.8 Å². The van der Waals surface area contributed by atoms with Crippen molar-refractivity contribution < 1.29 is 9.53 Å². The van der Waals surface area contributed by atoms with Crippen LogP contribution >= 0.6 is 0 Å². The van der Waals surface area contributed by atoms with E-state index in [2.05, 4.69) is 26.1 Å². The molecule has 0 aliphatic heterocycles. The summed E-state index contributed by atoms with van der Waals surface area (Å²) in [6.45, 7) is 8.25. The van der Waals surface area contributed by atoms with Crippen molar-refractivity contribution in [1.29, 1.82) is 0 Å². The zero-order chi connectivity index (χ0) is 14.4. The van der Waals surface area contributed by atoms with Gasteiger partial charge in [-0.1, -0.05) is 32.9 Å². The summed E-state index contributed by atoms with van der Waals surface area (Å²) in [6.07, 6.45) is 0.944. The van der Waals surface area contributed by atoms with E-state index >= 15 is 0 Å². The highest BCUT2D eigenvalue weighted by atomic mass is 16.5. The highest BCUT2D eigenvalue weighted by Crippen LogP contribution is 2.26. The van der Waals surface area contributed by atoms with Crippen LogP contribution < -0.4 is 10.1 Å². The smallest absolute Gasteiger partial charge is 0.228 e. The third-order valence-corrected chi connectivity index (χ3v) is 3.43. The van der Waals surface area contributed by atoms with Gasteiger partial charge in [-0.15, -0.1) is 0 Å². The zero-order valence-corrected chi connectivity index (χ0v) is 12.6. The van der Waals surface area contributed by atoms with Crippen LogP contribution in [0.3, 0.4) is 0 Å². The molecule has 0 fully saturated rings. The first-order chi connectivity index (χ1) is 8.99. The molecule has 1 aromatic carbocycles. The highest BCUT2D eigenvalue weighted by Gasteiger charge is 2.24. The molecule has 0 saturated carbocycles. The average molecular weight is 263 g/mol. The van der Waals surface area contributed by atoms with Crippen LogP contribution in [0.5, 0.6) is 5.75 Å². The molecule has 0 radical (unpaired) electrons. The van der Waals surface area contributed by atoms with E-state index in [9.17, 15) is 4.79 Å². The SMILES string of the molecule is CCC(C)NC(=O)C(c1ccc(OC)cc1)C(C)C. The molecule has 0 aliphatic carbocycles. The lowest BCUT2D eigenvalue weighted by atomic mass is 9.87. The van der Waals surface area contributed by atoms with Crippen molar-refractivity contribution in [3.8, 4) is 5.75 Å². The number of rotatable bonds is 6. The van der Waals surface area contributed by atoms with Gasteiger partial charge in [0.2, 0.25) is 5.91 Å². The van der Waals surface area contributed by atoms with Gasteiger partial charge < -0.3 is 10.1 Å². The number of hydrogen-bond acceptors (Lipinski definition) is 2. The van der Waals surface area contributed by atoms with Gasteiger partial charge in [0.05, 0.1) is 13.0 Å². The first-order valence-corrected chi connectivity index (χ1v) is 6.93. The van der Waals surface area contributed by atoms with Crippen molar-refractivity contribution in [3.05, 3.63) is 29.8 Å². The van der Waals surface area contributed by atoms with Gasteiger partial charge in [-0.2, -0.15) is 0 Å². The molecule has 0 aliphatic rings. The number of methoxy groups -OCH3 is 1. The van der Waals surface area contributed by atoms with E-state index in [0.717, 1.165) is 17.7 Å². The third kappa shape index (κ3) is 4.27. The van der Waals surface area contributed by atoms with E-state index in [4.69, 9.17) is 4.74 Å². The molecule has 1 amide bonds. The summed E-state index contributed by atoms with van der Waals surface area (Å²) in [5.41, 5.74) is 1.04. The van der Waals surface area contributed by atoms with E-state index < -0.39 is 0 Å². The van der Waals surface area contributed by atoms with Gasteiger partial charge in [0.25, 0.3) is 0 Å². The summed E-state index contributed by atoms with van der Waals surface area (Å²) in [4.78, 5) is 12.4. The maximum absolute atomic E-state index is 12.4. The molecule has 1 rings (SSSR count). The molecule has 19 heavy (non-hydrogen) atoms. The van der Waals surface area contributed by atoms with Crippen LogP contribution in [0.15, 0.2) is 24.3 Å². The topological polar surface area (TPSA) is 38.3 Å². The molecular weight excluding hydrogens is 238 g/mol. The molecule has 3 heteroatoms. The number of ether oxygens (including phenoxy) is 1. The Balaban J connectivity index is 2.90. The van der Waals surface area contributed by atoms with Crippen molar-refractivity contribution in [2.75, 3.05) is 7.11 Å². The van der Waals surface area contributed by atoms with Crippen LogP contribution in [-0.2, 0) is 4.79 Å². The van der Waals surface area contributed by atoms with E-state index in [0.29, 0.717) is 0 Å². The minimum absolute atomic E-state index is 0.106. The van der Waals surface area contributed by atoms with Crippen LogP contribution in [0.25, 0.3) is 0 Å². The fourth-order valence-corrected chi connectivity index (χ4v) is 2.08. The van der Waals surface area contributed by atoms with Crippen LogP contribution in [0.2, 0.25) is 0 Å². The number of benzene rings is 1. The fourth-order valence-electron chi connectivity index (χ4n) is 2.08. The van der Waals surface area contributed by atoms with Crippen LogP contribution in [0.1, 0.15) is 45.6 Å². The number of amides is 1. The lowest BCUT2D eigenvalue weighted by molar-refractivity contribution is -0.124. The monoisotopic (exact) mass is 263 g/mol. The predicted octanol–water partition coefficient (Wildman–Crippen LogP) is 3.35. The Morgan fingerprint density at radius 2 is 1.79 bits per heavy atom. The van der Waals surface area contributed by atoms with Crippen molar-refractivity contribution in [1.82, 2.24) is 5.32 Å². The second-order valence-corrected chi connectivity index (χ2v) is 5.31. The summed E-state index contributed by atoms with van der Waals surface area (Å²) in [6, 6.07) is 7.97. The highest BCUT2D eigenvalue weighted by molar-refractivity contribution is 5.84. The summed E-state index contributed by atoms with van der Waals surface area (Å²) in [5.74, 6) is 1.07. The molecular formula is C16H25NO2. The van der Waals surface area contributed by atoms with Gasteiger partial charge in [0, 0.05) is 6.04 Å². The summed E-state index contributed by atoms with van der Waals surface area (Å²) in [5, 5.41) is 3.07.